The van der Waals surface area contributed by atoms with Gasteiger partial charge < -0.3 is 20.7 Å². The van der Waals surface area contributed by atoms with E-state index in [9.17, 15) is 4.79 Å². The number of hydrogen-bond donors (Lipinski definition) is 2. The summed E-state index contributed by atoms with van der Waals surface area (Å²) in [5.74, 6) is 0.253. The Hall–Kier alpha value is -1.34. The van der Waals surface area contributed by atoms with Crippen molar-refractivity contribution in [1.29, 1.82) is 0 Å². The lowest BCUT2D eigenvalue weighted by atomic mass is 10.2. The first-order valence-electron chi connectivity index (χ1n) is 7.02. The van der Waals surface area contributed by atoms with Crippen LogP contribution in [0.15, 0.2) is 0 Å². The van der Waals surface area contributed by atoms with Crippen molar-refractivity contribution in [3.63, 3.8) is 0 Å². The first-order chi connectivity index (χ1) is 9.70. The number of nitrogens with one attached hydrogen (secondary N) is 1. The van der Waals surface area contributed by atoms with E-state index in [2.05, 4.69) is 14.6 Å². The molecule has 1 heterocycles. The Morgan fingerprint density at radius 2 is 2.25 bits per heavy atom. The fourth-order valence-electron chi connectivity index (χ4n) is 2.21. The van der Waals surface area contributed by atoms with Gasteiger partial charge in [0.15, 0.2) is 5.82 Å². The standard InChI is InChI=1S/C13H20N4O2S/c1-19-7-6-17(9-4-5-9)13-10(11(14)16-20-13)12(18)15-8-2-3-8/h8-9H,2-7H2,1H3,(H2,14,16)(H,15,18). The number of nitrogens with two attached hydrogens (primary N) is 1. The van der Waals surface area contributed by atoms with Crippen molar-refractivity contribution in [2.75, 3.05) is 30.9 Å². The highest BCUT2D eigenvalue weighted by molar-refractivity contribution is 7.11. The maximum Gasteiger partial charge on any atom is 0.258 e. The SMILES string of the molecule is COCCN(c1snc(N)c1C(=O)NC1CC1)C1CC1. The third kappa shape index (κ3) is 2.88. The monoisotopic (exact) mass is 296 g/mol. The summed E-state index contributed by atoms with van der Waals surface area (Å²) in [6.07, 6.45) is 4.44. The smallest absolute Gasteiger partial charge is 0.258 e. The predicted octanol–water partition coefficient (Wildman–Crippen LogP) is 1.23. The normalized spacial score (nSPS) is 18.1. The topological polar surface area (TPSA) is 80.5 Å². The molecule has 6 nitrogen and oxygen atoms in total. The van der Waals surface area contributed by atoms with E-state index in [1.165, 1.54) is 11.5 Å². The molecule has 0 radical (unpaired) electrons. The summed E-state index contributed by atoms with van der Waals surface area (Å²) in [6, 6.07) is 0.820. The fraction of sp³-hybridized carbons (Fsp3) is 0.692. The van der Waals surface area contributed by atoms with Gasteiger partial charge in [0.25, 0.3) is 5.91 Å². The molecule has 0 spiro atoms. The van der Waals surface area contributed by atoms with E-state index in [-0.39, 0.29) is 5.91 Å². The molecule has 3 rings (SSSR count). The zero-order valence-electron chi connectivity index (χ0n) is 11.6. The van der Waals surface area contributed by atoms with Crippen molar-refractivity contribution in [1.82, 2.24) is 9.69 Å². The summed E-state index contributed by atoms with van der Waals surface area (Å²) in [5, 5.41) is 3.89. The fourth-order valence-corrected chi connectivity index (χ4v) is 3.12. The highest BCUT2D eigenvalue weighted by Crippen LogP contribution is 2.38. The summed E-state index contributed by atoms with van der Waals surface area (Å²) >= 11 is 1.31. The van der Waals surface area contributed by atoms with Crippen LogP contribution in [0.4, 0.5) is 10.8 Å². The number of anilines is 2. The summed E-state index contributed by atoms with van der Waals surface area (Å²) in [5.41, 5.74) is 6.45. The Morgan fingerprint density at radius 3 is 2.85 bits per heavy atom. The highest BCUT2D eigenvalue weighted by atomic mass is 32.1. The largest absolute Gasteiger partial charge is 0.383 e. The van der Waals surface area contributed by atoms with Gasteiger partial charge in [-0.3, -0.25) is 4.79 Å². The maximum atomic E-state index is 12.3. The second kappa shape index (κ2) is 5.57. The van der Waals surface area contributed by atoms with Crippen LogP contribution >= 0.6 is 11.5 Å². The molecule has 2 aliphatic carbocycles. The average molecular weight is 296 g/mol. The van der Waals surface area contributed by atoms with E-state index < -0.39 is 0 Å². The second-order valence-corrected chi connectivity index (χ2v) is 6.16. The average Bonchev–Trinajstić information content (AvgIpc) is 3.31. The molecule has 3 N–H and O–H groups in total. The van der Waals surface area contributed by atoms with Crippen LogP contribution in [0.5, 0.6) is 0 Å². The third-order valence-electron chi connectivity index (χ3n) is 3.62. The summed E-state index contributed by atoms with van der Waals surface area (Å²) in [6.45, 7) is 1.41. The van der Waals surface area contributed by atoms with Crippen LogP contribution in [-0.2, 0) is 4.74 Å². The lowest BCUT2D eigenvalue weighted by Gasteiger charge is -2.23. The molecule has 0 aromatic carbocycles. The minimum Gasteiger partial charge on any atom is -0.383 e. The van der Waals surface area contributed by atoms with E-state index in [0.29, 0.717) is 30.1 Å². The van der Waals surface area contributed by atoms with Gasteiger partial charge in [0.2, 0.25) is 0 Å². The Balaban J connectivity index is 1.81. The molecule has 7 heteroatoms. The minimum absolute atomic E-state index is 0.0863. The van der Waals surface area contributed by atoms with Gasteiger partial charge in [0, 0.05) is 25.7 Å². The number of amides is 1. The Bertz CT molecular complexity index is 497. The van der Waals surface area contributed by atoms with Gasteiger partial charge in [-0.05, 0) is 37.2 Å². The van der Waals surface area contributed by atoms with Crippen LogP contribution < -0.4 is 16.0 Å². The molecule has 1 aromatic rings. The lowest BCUT2D eigenvalue weighted by molar-refractivity contribution is 0.0952. The van der Waals surface area contributed by atoms with Gasteiger partial charge in [0.1, 0.15) is 10.6 Å². The van der Waals surface area contributed by atoms with Gasteiger partial charge in [-0.25, -0.2) is 0 Å². The van der Waals surface area contributed by atoms with E-state index in [4.69, 9.17) is 10.5 Å². The Morgan fingerprint density at radius 1 is 1.50 bits per heavy atom. The molecule has 0 bridgehead atoms. The van der Waals surface area contributed by atoms with Crippen molar-refractivity contribution in [3.8, 4) is 0 Å². The first kappa shape index (κ1) is 13.6. The Kier molecular flexibility index (Phi) is 3.80. The number of carbonyl (C=O) groups is 1. The summed E-state index contributed by atoms with van der Waals surface area (Å²) < 4.78 is 9.34. The number of rotatable bonds is 7. The van der Waals surface area contributed by atoms with Crippen LogP contribution in [0.25, 0.3) is 0 Å². The van der Waals surface area contributed by atoms with E-state index >= 15 is 0 Å². The molecule has 2 fully saturated rings. The van der Waals surface area contributed by atoms with Crippen LogP contribution in [0.2, 0.25) is 0 Å². The molecule has 110 valence electrons. The molecule has 1 amide bonds. The highest BCUT2D eigenvalue weighted by Gasteiger charge is 2.35. The summed E-state index contributed by atoms with van der Waals surface area (Å²) in [7, 11) is 1.69. The molecule has 0 saturated heterocycles. The zero-order chi connectivity index (χ0) is 14.1. The number of aromatic nitrogens is 1. The van der Waals surface area contributed by atoms with Gasteiger partial charge in [-0.1, -0.05) is 0 Å². The predicted molar refractivity (Wildman–Crippen MR) is 79.3 cm³/mol. The number of carbonyl (C=O) groups excluding carboxylic acids is 1. The molecule has 2 saturated carbocycles. The molecule has 0 aliphatic heterocycles. The first-order valence-corrected chi connectivity index (χ1v) is 7.79. The minimum atomic E-state index is -0.0863. The molecule has 1 aromatic heterocycles. The van der Waals surface area contributed by atoms with Crippen molar-refractivity contribution in [2.45, 2.75) is 37.8 Å². The molecule has 20 heavy (non-hydrogen) atoms. The van der Waals surface area contributed by atoms with E-state index in [0.717, 1.165) is 37.2 Å². The van der Waals surface area contributed by atoms with E-state index in [1.54, 1.807) is 7.11 Å². The quantitative estimate of drug-likeness (QED) is 0.791. The van der Waals surface area contributed by atoms with Gasteiger partial charge >= 0.3 is 0 Å². The molecular formula is C13H20N4O2S. The molecule has 0 atom stereocenters. The molecule has 0 unspecified atom stereocenters. The third-order valence-corrected chi connectivity index (χ3v) is 4.52. The number of nitrogens with zero attached hydrogens (tertiary/aromatic N) is 2. The van der Waals surface area contributed by atoms with Crippen LogP contribution in [0.3, 0.4) is 0 Å². The summed E-state index contributed by atoms with van der Waals surface area (Å²) in [4.78, 5) is 14.6. The van der Waals surface area contributed by atoms with Crippen molar-refractivity contribution in [2.24, 2.45) is 0 Å². The van der Waals surface area contributed by atoms with Crippen LogP contribution in [0, 0.1) is 0 Å². The Labute approximate surface area is 122 Å². The van der Waals surface area contributed by atoms with E-state index in [1.807, 2.05) is 0 Å². The van der Waals surface area contributed by atoms with Crippen LogP contribution in [-0.4, -0.2) is 42.6 Å². The number of methoxy groups -OCH3 is 1. The van der Waals surface area contributed by atoms with Crippen molar-refractivity contribution in [3.05, 3.63) is 5.56 Å². The second-order valence-electron chi connectivity index (χ2n) is 5.41. The van der Waals surface area contributed by atoms with Gasteiger partial charge in [-0.15, -0.1) is 0 Å². The number of ether oxygens (including phenoxy) is 1. The van der Waals surface area contributed by atoms with Crippen LogP contribution in [0.1, 0.15) is 36.0 Å². The molecule has 2 aliphatic rings. The lowest BCUT2D eigenvalue weighted by Crippen LogP contribution is -2.32. The van der Waals surface area contributed by atoms with Crippen molar-refractivity contribution >= 4 is 28.3 Å². The van der Waals surface area contributed by atoms with Gasteiger partial charge in [0.05, 0.1) is 6.61 Å². The number of hydrogen-bond acceptors (Lipinski definition) is 6. The number of nitrogen functional groups attached to an aromatic ring is 1. The van der Waals surface area contributed by atoms with Crippen molar-refractivity contribution < 1.29 is 9.53 Å². The zero-order valence-corrected chi connectivity index (χ0v) is 12.4. The van der Waals surface area contributed by atoms with Gasteiger partial charge in [-0.2, -0.15) is 4.37 Å². The maximum absolute atomic E-state index is 12.3. The molecular weight excluding hydrogens is 276 g/mol.